The van der Waals surface area contributed by atoms with Gasteiger partial charge in [-0.1, -0.05) is 38.8 Å². The van der Waals surface area contributed by atoms with E-state index in [-0.39, 0.29) is 0 Å². The molecule has 2 rings (SSSR count). The Morgan fingerprint density at radius 3 is 2.65 bits per heavy atom. The van der Waals surface area contributed by atoms with E-state index < -0.39 is 0 Å². The van der Waals surface area contributed by atoms with Crippen LogP contribution in [0.1, 0.15) is 51.5 Å². The maximum Gasteiger partial charge on any atom is 0.134 e. The molecule has 0 aromatic heterocycles. The van der Waals surface area contributed by atoms with Crippen LogP contribution in [0.25, 0.3) is 0 Å². The Hall–Kier alpha value is -0.540. The van der Waals surface area contributed by atoms with Gasteiger partial charge >= 0.3 is 0 Å². The number of halogens is 1. The number of rotatable bonds is 6. The summed E-state index contributed by atoms with van der Waals surface area (Å²) in [5, 5.41) is 13.6. The van der Waals surface area contributed by atoms with Crippen LogP contribution in [-0.4, -0.2) is 11.7 Å². The maximum atomic E-state index is 10.0. The molecule has 2 N–H and O–H groups in total. The highest BCUT2D eigenvalue weighted by atomic mass is 79.9. The molecule has 0 saturated heterocycles. The third kappa shape index (κ3) is 3.98. The predicted molar refractivity (Wildman–Crippen MR) is 87.9 cm³/mol. The van der Waals surface area contributed by atoms with Crippen LogP contribution in [0.15, 0.2) is 22.7 Å². The van der Waals surface area contributed by atoms with Crippen molar-refractivity contribution in [1.82, 2.24) is 5.32 Å². The van der Waals surface area contributed by atoms with E-state index in [2.05, 4.69) is 35.1 Å². The fourth-order valence-electron chi connectivity index (χ4n) is 3.61. The van der Waals surface area contributed by atoms with Crippen molar-refractivity contribution in [3.63, 3.8) is 0 Å². The third-order valence-electron chi connectivity index (χ3n) is 4.39. The molecule has 0 heterocycles. The van der Waals surface area contributed by atoms with E-state index in [1.807, 2.05) is 18.2 Å². The monoisotopic (exact) mass is 339 g/mol. The normalized spacial score (nSPS) is 17.8. The standard InChI is InChI=1S/C17H26BrNO/c1-13(2)10-17(8-3-4-9-17)12-19-11-14-6-5-7-15(18)16(14)20/h5-7,13,19-20H,3-4,8-12H2,1-2H3. The van der Waals surface area contributed by atoms with Crippen molar-refractivity contribution in [1.29, 1.82) is 0 Å². The molecular formula is C17H26BrNO. The number of benzene rings is 1. The number of nitrogens with one attached hydrogen (secondary N) is 1. The molecule has 1 aliphatic carbocycles. The van der Waals surface area contributed by atoms with Crippen molar-refractivity contribution in [2.75, 3.05) is 6.54 Å². The summed E-state index contributed by atoms with van der Waals surface area (Å²) in [6.45, 7) is 6.45. The molecule has 1 fully saturated rings. The topological polar surface area (TPSA) is 32.3 Å². The zero-order valence-electron chi connectivity index (χ0n) is 12.6. The highest BCUT2D eigenvalue weighted by molar-refractivity contribution is 9.10. The molecule has 112 valence electrons. The smallest absolute Gasteiger partial charge is 0.134 e. The van der Waals surface area contributed by atoms with Gasteiger partial charge < -0.3 is 10.4 Å². The molecule has 1 aromatic rings. The molecule has 0 amide bonds. The first-order chi connectivity index (χ1) is 9.52. The lowest BCUT2D eigenvalue weighted by Gasteiger charge is -2.31. The van der Waals surface area contributed by atoms with E-state index in [4.69, 9.17) is 0 Å². The summed E-state index contributed by atoms with van der Waals surface area (Å²) in [6, 6.07) is 5.83. The number of para-hydroxylation sites is 1. The molecule has 0 unspecified atom stereocenters. The highest BCUT2D eigenvalue weighted by Crippen LogP contribution is 2.42. The Bertz CT molecular complexity index is 439. The zero-order valence-corrected chi connectivity index (χ0v) is 14.2. The molecule has 2 nitrogen and oxygen atoms in total. The van der Waals surface area contributed by atoms with Gasteiger partial charge in [0.05, 0.1) is 4.47 Å². The van der Waals surface area contributed by atoms with Crippen molar-refractivity contribution < 1.29 is 5.11 Å². The van der Waals surface area contributed by atoms with Crippen LogP contribution in [0.2, 0.25) is 0 Å². The molecule has 0 aliphatic heterocycles. The van der Waals surface area contributed by atoms with Gasteiger partial charge in [0.15, 0.2) is 0 Å². The summed E-state index contributed by atoms with van der Waals surface area (Å²) in [5.41, 5.74) is 1.45. The first-order valence-corrected chi connectivity index (χ1v) is 8.49. The van der Waals surface area contributed by atoms with Gasteiger partial charge in [-0.05, 0) is 52.6 Å². The van der Waals surface area contributed by atoms with Crippen molar-refractivity contribution >= 4 is 15.9 Å². The van der Waals surface area contributed by atoms with E-state index in [0.29, 0.717) is 11.2 Å². The van der Waals surface area contributed by atoms with Crippen molar-refractivity contribution in [2.24, 2.45) is 11.3 Å². The van der Waals surface area contributed by atoms with Crippen LogP contribution in [0.5, 0.6) is 5.75 Å². The number of aromatic hydroxyl groups is 1. The SMILES string of the molecule is CC(C)CC1(CNCc2cccc(Br)c2O)CCCC1. The van der Waals surface area contributed by atoms with Crippen LogP contribution >= 0.6 is 15.9 Å². The van der Waals surface area contributed by atoms with Crippen LogP contribution in [0, 0.1) is 11.3 Å². The molecule has 3 heteroatoms. The van der Waals surface area contributed by atoms with Crippen LogP contribution in [0.4, 0.5) is 0 Å². The molecular weight excluding hydrogens is 314 g/mol. The van der Waals surface area contributed by atoms with Crippen molar-refractivity contribution in [3.8, 4) is 5.75 Å². The van der Waals surface area contributed by atoms with Gasteiger partial charge in [-0.25, -0.2) is 0 Å². The minimum atomic E-state index is 0.365. The van der Waals surface area contributed by atoms with Gasteiger partial charge in [0.25, 0.3) is 0 Å². The van der Waals surface area contributed by atoms with E-state index in [9.17, 15) is 5.11 Å². The fraction of sp³-hybridized carbons (Fsp3) is 0.647. The first kappa shape index (κ1) is 15.8. The second-order valence-corrected chi connectivity index (χ2v) is 7.51. The Balaban J connectivity index is 1.92. The van der Waals surface area contributed by atoms with Gasteiger partial charge in [-0.15, -0.1) is 0 Å². The second-order valence-electron chi connectivity index (χ2n) is 6.66. The van der Waals surface area contributed by atoms with Crippen molar-refractivity contribution in [3.05, 3.63) is 28.2 Å². The summed E-state index contributed by atoms with van der Waals surface area (Å²) < 4.78 is 0.773. The van der Waals surface area contributed by atoms with Crippen LogP contribution in [-0.2, 0) is 6.54 Å². The van der Waals surface area contributed by atoms with E-state index >= 15 is 0 Å². The van der Waals surface area contributed by atoms with Gasteiger partial charge in [-0.2, -0.15) is 0 Å². The quantitative estimate of drug-likeness (QED) is 0.776. The molecule has 0 atom stereocenters. The molecule has 0 spiro atoms. The second kappa shape index (κ2) is 6.95. The van der Waals surface area contributed by atoms with Gasteiger partial charge in [0.1, 0.15) is 5.75 Å². The van der Waals surface area contributed by atoms with E-state index in [1.165, 1.54) is 32.1 Å². The highest BCUT2D eigenvalue weighted by Gasteiger charge is 2.33. The van der Waals surface area contributed by atoms with Gasteiger partial charge in [-0.3, -0.25) is 0 Å². The number of phenols is 1. The average molecular weight is 340 g/mol. The third-order valence-corrected chi connectivity index (χ3v) is 5.03. The van der Waals surface area contributed by atoms with Gasteiger partial charge in [0.2, 0.25) is 0 Å². The Labute approximate surface area is 131 Å². The Morgan fingerprint density at radius 1 is 1.30 bits per heavy atom. The summed E-state index contributed by atoms with van der Waals surface area (Å²) in [5.74, 6) is 1.12. The molecule has 1 aliphatic rings. The Kier molecular flexibility index (Phi) is 5.50. The summed E-state index contributed by atoms with van der Waals surface area (Å²) in [7, 11) is 0. The van der Waals surface area contributed by atoms with Crippen LogP contribution in [0.3, 0.4) is 0 Å². The van der Waals surface area contributed by atoms with Gasteiger partial charge in [0, 0.05) is 18.7 Å². The molecule has 1 saturated carbocycles. The molecule has 0 radical (unpaired) electrons. The predicted octanol–water partition coefficient (Wildman–Crippen LogP) is 4.85. The number of phenolic OH excluding ortho intramolecular Hbond substituents is 1. The van der Waals surface area contributed by atoms with Crippen molar-refractivity contribution in [2.45, 2.75) is 52.5 Å². The summed E-state index contributed by atoms with van der Waals surface area (Å²) in [4.78, 5) is 0. The zero-order chi connectivity index (χ0) is 14.6. The lowest BCUT2D eigenvalue weighted by atomic mass is 9.78. The van der Waals surface area contributed by atoms with E-state index in [1.54, 1.807) is 0 Å². The molecule has 20 heavy (non-hydrogen) atoms. The fourth-order valence-corrected chi connectivity index (χ4v) is 4.02. The minimum Gasteiger partial charge on any atom is -0.506 e. The first-order valence-electron chi connectivity index (χ1n) is 7.69. The van der Waals surface area contributed by atoms with E-state index in [0.717, 1.165) is 29.0 Å². The largest absolute Gasteiger partial charge is 0.506 e. The molecule has 0 bridgehead atoms. The Morgan fingerprint density at radius 2 is 2.00 bits per heavy atom. The average Bonchev–Trinajstić information content (AvgIpc) is 2.82. The lowest BCUT2D eigenvalue weighted by molar-refractivity contribution is 0.223. The lowest BCUT2D eigenvalue weighted by Crippen LogP contribution is -2.33. The number of hydrogen-bond acceptors (Lipinski definition) is 2. The number of hydrogen-bond donors (Lipinski definition) is 2. The van der Waals surface area contributed by atoms with Crippen LogP contribution < -0.4 is 5.32 Å². The summed E-state index contributed by atoms with van der Waals surface area (Å²) >= 11 is 3.37. The summed E-state index contributed by atoms with van der Waals surface area (Å²) in [6.07, 6.45) is 6.75. The molecule has 1 aromatic carbocycles. The minimum absolute atomic E-state index is 0.365. The maximum absolute atomic E-state index is 10.0.